The van der Waals surface area contributed by atoms with Gasteiger partial charge in [0.2, 0.25) is 5.69 Å². The van der Waals surface area contributed by atoms with Gasteiger partial charge in [0.15, 0.2) is 11.9 Å². The number of nitrogens with zero attached hydrogens (tertiary/aromatic N) is 4. The summed E-state index contributed by atoms with van der Waals surface area (Å²) in [4.78, 5) is 25.9. The van der Waals surface area contributed by atoms with Crippen LogP contribution in [0.4, 0.5) is 0 Å². The molecule has 8 nitrogen and oxygen atoms in total. The van der Waals surface area contributed by atoms with Crippen LogP contribution in [0.2, 0.25) is 0 Å². The average molecular weight is 356 g/mol. The number of ether oxygens (including phenoxy) is 2. The Kier molecular flexibility index (Phi) is 6.33. The smallest absolute Gasteiger partial charge is 0.363 e. The molecule has 0 unspecified atom stereocenters. The van der Waals surface area contributed by atoms with Gasteiger partial charge >= 0.3 is 5.97 Å². The lowest BCUT2D eigenvalue weighted by atomic mass is 10.3. The highest BCUT2D eigenvalue weighted by atomic mass is 16.6. The second kappa shape index (κ2) is 8.67. The standard InChI is InChI=1S/C18H20N4O4/c1-13(17(23)21(2)11-7-10-19)26-18(24)16-15(25-3)12-22(20-16)14-8-5-4-6-9-14/h4-6,8-9,12-13H,7,11H2,1-3H3/t13-/m0/s1. The van der Waals surface area contributed by atoms with Crippen LogP contribution in [0.5, 0.6) is 5.75 Å². The number of benzene rings is 1. The predicted molar refractivity (Wildman–Crippen MR) is 92.9 cm³/mol. The summed E-state index contributed by atoms with van der Waals surface area (Å²) in [6.07, 6.45) is 0.771. The third-order valence-electron chi connectivity index (χ3n) is 3.68. The summed E-state index contributed by atoms with van der Waals surface area (Å²) in [5.74, 6) is -0.905. The molecule has 0 aliphatic heterocycles. The monoisotopic (exact) mass is 356 g/mol. The summed E-state index contributed by atoms with van der Waals surface area (Å²) >= 11 is 0. The summed E-state index contributed by atoms with van der Waals surface area (Å²) in [5, 5.41) is 12.8. The molecule has 0 bridgehead atoms. The molecular formula is C18H20N4O4. The Hall–Kier alpha value is -3.34. The van der Waals surface area contributed by atoms with E-state index < -0.39 is 18.0 Å². The van der Waals surface area contributed by atoms with Crippen LogP contribution in [0.3, 0.4) is 0 Å². The molecule has 2 rings (SSSR count). The zero-order valence-corrected chi connectivity index (χ0v) is 14.9. The van der Waals surface area contributed by atoms with Crippen molar-refractivity contribution in [3.8, 4) is 17.5 Å². The Morgan fingerprint density at radius 2 is 2.04 bits per heavy atom. The lowest BCUT2D eigenvalue weighted by Gasteiger charge is -2.20. The van der Waals surface area contributed by atoms with E-state index in [1.807, 2.05) is 36.4 Å². The van der Waals surface area contributed by atoms with E-state index in [9.17, 15) is 9.59 Å². The van der Waals surface area contributed by atoms with Crippen molar-refractivity contribution in [2.75, 3.05) is 20.7 Å². The van der Waals surface area contributed by atoms with Gasteiger partial charge in [0.05, 0.1) is 31.5 Å². The fourth-order valence-corrected chi connectivity index (χ4v) is 2.27. The van der Waals surface area contributed by atoms with E-state index >= 15 is 0 Å². The molecule has 0 spiro atoms. The van der Waals surface area contributed by atoms with Gasteiger partial charge in [0, 0.05) is 13.6 Å². The summed E-state index contributed by atoms with van der Waals surface area (Å²) in [6.45, 7) is 1.74. The van der Waals surface area contributed by atoms with Gasteiger partial charge < -0.3 is 14.4 Å². The van der Waals surface area contributed by atoms with Gasteiger partial charge in [-0.3, -0.25) is 4.79 Å². The summed E-state index contributed by atoms with van der Waals surface area (Å²) in [7, 11) is 2.97. The lowest BCUT2D eigenvalue weighted by Crippen LogP contribution is -2.38. The van der Waals surface area contributed by atoms with Crippen molar-refractivity contribution in [3.05, 3.63) is 42.2 Å². The normalized spacial score (nSPS) is 11.3. The number of likely N-dealkylation sites (N-methyl/N-ethyl adjacent to an activating group) is 1. The Balaban J connectivity index is 2.13. The van der Waals surface area contributed by atoms with Crippen LogP contribution in [-0.4, -0.2) is 53.4 Å². The molecule has 1 atom stereocenters. The molecule has 0 fully saturated rings. The molecular weight excluding hydrogens is 336 g/mol. The van der Waals surface area contributed by atoms with Crippen LogP contribution in [-0.2, 0) is 9.53 Å². The first-order valence-electron chi connectivity index (χ1n) is 8.00. The van der Waals surface area contributed by atoms with Crippen molar-refractivity contribution in [2.45, 2.75) is 19.4 Å². The number of hydrogen-bond donors (Lipinski definition) is 0. The highest BCUT2D eigenvalue weighted by molar-refractivity contribution is 5.92. The Morgan fingerprint density at radius 1 is 1.35 bits per heavy atom. The number of hydrogen-bond acceptors (Lipinski definition) is 6. The molecule has 0 radical (unpaired) electrons. The maximum absolute atomic E-state index is 12.4. The Labute approximate surface area is 151 Å². The maximum Gasteiger partial charge on any atom is 0.363 e. The molecule has 0 aliphatic rings. The average Bonchev–Trinajstić information content (AvgIpc) is 3.10. The van der Waals surface area contributed by atoms with E-state index in [1.54, 1.807) is 13.2 Å². The molecule has 1 amide bonds. The van der Waals surface area contributed by atoms with Crippen molar-refractivity contribution in [3.63, 3.8) is 0 Å². The molecule has 0 saturated carbocycles. The maximum atomic E-state index is 12.4. The number of para-hydroxylation sites is 1. The summed E-state index contributed by atoms with van der Waals surface area (Å²) in [5.41, 5.74) is 0.737. The number of carbonyl (C=O) groups excluding carboxylic acids is 2. The summed E-state index contributed by atoms with van der Waals surface area (Å²) in [6, 6.07) is 11.2. The van der Waals surface area contributed by atoms with Crippen molar-refractivity contribution < 1.29 is 19.1 Å². The minimum Gasteiger partial charge on any atom is -0.493 e. The predicted octanol–water partition coefficient (Wildman–Crippen LogP) is 1.80. The Bertz CT molecular complexity index is 810. The first-order valence-corrected chi connectivity index (χ1v) is 8.00. The van der Waals surface area contributed by atoms with Gasteiger partial charge in [-0.05, 0) is 19.1 Å². The molecule has 0 N–H and O–H groups in total. The third kappa shape index (κ3) is 4.39. The van der Waals surface area contributed by atoms with Crippen LogP contribution < -0.4 is 4.74 Å². The molecule has 1 aromatic heterocycles. The minimum absolute atomic E-state index is 0.0179. The Morgan fingerprint density at radius 3 is 2.65 bits per heavy atom. The van der Waals surface area contributed by atoms with Crippen LogP contribution in [0.1, 0.15) is 23.8 Å². The number of carbonyl (C=O) groups is 2. The number of esters is 1. The molecule has 0 saturated heterocycles. The first-order chi connectivity index (χ1) is 12.5. The largest absolute Gasteiger partial charge is 0.493 e. The van der Waals surface area contributed by atoms with Crippen LogP contribution >= 0.6 is 0 Å². The van der Waals surface area contributed by atoms with E-state index in [1.165, 1.54) is 23.6 Å². The van der Waals surface area contributed by atoms with E-state index in [0.717, 1.165) is 5.69 Å². The molecule has 1 aromatic carbocycles. The highest BCUT2D eigenvalue weighted by Crippen LogP contribution is 2.21. The van der Waals surface area contributed by atoms with Crippen LogP contribution in [0, 0.1) is 11.3 Å². The number of amides is 1. The zero-order chi connectivity index (χ0) is 19.1. The van der Waals surface area contributed by atoms with Crippen LogP contribution in [0.15, 0.2) is 36.5 Å². The number of rotatable bonds is 7. The van der Waals surface area contributed by atoms with Gasteiger partial charge in [-0.25, -0.2) is 9.48 Å². The molecule has 1 heterocycles. The topological polar surface area (TPSA) is 97.5 Å². The zero-order valence-electron chi connectivity index (χ0n) is 14.9. The van der Waals surface area contributed by atoms with E-state index in [0.29, 0.717) is 0 Å². The van der Waals surface area contributed by atoms with Crippen molar-refractivity contribution in [1.82, 2.24) is 14.7 Å². The van der Waals surface area contributed by atoms with E-state index in [4.69, 9.17) is 14.7 Å². The van der Waals surface area contributed by atoms with Gasteiger partial charge in [-0.1, -0.05) is 18.2 Å². The number of methoxy groups -OCH3 is 1. The van der Waals surface area contributed by atoms with Crippen LogP contribution in [0.25, 0.3) is 5.69 Å². The molecule has 136 valence electrons. The lowest BCUT2D eigenvalue weighted by molar-refractivity contribution is -0.138. The van der Waals surface area contributed by atoms with Gasteiger partial charge in [0.25, 0.3) is 5.91 Å². The third-order valence-corrected chi connectivity index (χ3v) is 3.68. The van der Waals surface area contributed by atoms with Gasteiger partial charge in [-0.2, -0.15) is 10.4 Å². The molecule has 0 aliphatic carbocycles. The van der Waals surface area contributed by atoms with Gasteiger partial charge in [0.1, 0.15) is 0 Å². The molecule has 2 aromatic rings. The number of aromatic nitrogens is 2. The van der Waals surface area contributed by atoms with E-state index in [-0.39, 0.29) is 24.4 Å². The second-order valence-corrected chi connectivity index (χ2v) is 5.54. The second-order valence-electron chi connectivity index (χ2n) is 5.54. The van der Waals surface area contributed by atoms with Gasteiger partial charge in [-0.15, -0.1) is 0 Å². The minimum atomic E-state index is -1.00. The first kappa shape index (κ1) is 19.0. The summed E-state index contributed by atoms with van der Waals surface area (Å²) < 4.78 is 11.9. The fraction of sp³-hybridized carbons (Fsp3) is 0.333. The van der Waals surface area contributed by atoms with Crippen molar-refractivity contribution >= 4 is 11.9 Å². The quantitative estimate of drug-likeness (QED) is 0.702. The van der Waals surface area contributed by atoms with E-state index in [2.05, 4.69) is 5.10 Å². The number of nitriles is 1. The highest BCUT2D eigenvalue weighted by Gasteiger charge is 2.26. The fourth-order valence-electron chi connectivity index (χ4n) is 2.27. The SMILES string of the molecule is COc1cn(-c2ccccc2)nc1C(=O)O[C@@H](C)C(=O)N(C)CCC#N. The van der Waals surface area contributed by atoms with Crippen molar-refractivity contribution in [1.29, 1.82) is 5.26 Å². The molecule has 26 heavy (non-hydrogen) atoms. The van der Waals surface area contributed by atoms with Crippen molar-refractivity contribution in [2.24, 2.45) is 0 Å². The molecule has 8 heteroatoms.